The third-order valence-corrected chi connectivity index (χ3v) is 1.78. The summed E-state index contributed by atoms with van der Waals surface area (Å²) in [5.41, 5.74) is 1.35. The van der Waals surface area contributed by atoms with Crippen LogP contribution in [-0.4, -0.2) is 7.11 Å². The average Bonchev–Trinajstić information content (AvgIpc) is 2.17. The summed E-state index contributed by atoms with van der Waals surface area (Å²) in [6.07, 6.45) is 0. The fraction of sp³-hybridized carbons (Fsp3) is 0.571. The van der Waals surface area contributed by atoms with Crippen molar-refractivity contribution in [1.82, 2.24) is 0 Å². The van der Waals surface area contributed by atoms with Gasteiger partial charge in [0.2, 0.25) is 0 Å². The van der Waals surface area contributed by atoms with Crippen molar-refractivity contribution in [3.05, 3.63) is 29.8 Å². The summed E-state index contributed by atoms with van der Waals surface area (Å²) >= 11 is 0. The van der Waals surface area contributed by atoms with Crippen LogP contribution in [0.5, 0.6) is 5.75 Å². The predicted octanol–water partition coefficient (Wildman–Crippen LogP) is 4.48. The van der Waals surface area contributed by atoms with Gasteiger partial charge in [0.15, 0.2) is 0 Å². The number of benzene rings is 1. The molecule has 1 rings (SSSR count). The van der Waals surface area contributed by atoms with Crippen LogP contribution >= 0.6 is 0 Å². The maximum absolute atomic E-state index is 5.05. The van der Waals surface area contributed by atoms with Gasteiger partial charge in [0.05, 0.1) is 7.11 Å². The largest absolute Gasteiger partial charge is 0.497 e. The van der Waals surface area contributed by atoms with Gasteiger partial charge in [0.1, 0.15) is 5.75 Å². The molecule has 0 N–H and O–H groups in total. The van der Waals surface area contributed by atoms with Gasteiger partial charge in [-0.25, -0.2) is 0 Å². The molecule has 0 spiro atoms. The molecule has 0 saturated heterocycles. The lowest BCUT2D eigenvalue weighted by Crippen LogP contribution is -1.87. The minimum absolute atomic E-state index is 0.598. The SMILES string of the molecule is CC(C)C.COc1ccc(C(C)C)cc1. The second kappa shape index (κ2) is 7.33. The molecule has 0 heterocycles. The van der Waals surface area contributed by atoms with Crippen molar-refractivity contribution in [2.75, 3.05) is 7.11 Å². The minimum atomic E-state index is 0.598. The first-order chi connectivity index (χ1) is 6.97. The van der Waals surface area contributed by atoms with Gasteiger partial charge in [0.25, 0.3) is 0 Å². The highest BCUT2D eigenvalue weighted by molar-refractivity contribution is 5.28. The van der Waals surface area contributed by atoms with Gasteiger partial charge in [-0.05, 0) is 29.5 Å². The van der Waals surface area contributed by atoms with Crippen LogP contribution in [0.1, 0.15) is 46.1 Å². The van der Waals surface area contributed by atoms with E-state index >= 15 is 0 Å². The maximum atomic E-state index is 5.05. The Morgan fingerprint density at radius 2 is 1.27 bits per heavy atom. The molecule has 0 aliphatic rings. The smallest absolute Gasteiger partial charge is 0.118 e. The van der Waals surface area contributed by atoms with E-state index in [9.17, 15) is 0 Å². The molecule has 0 unspecified atom stereocenters. The molecule has 0 aliphatic carbocycles. The van der Waals surface area contributed by atoms with E-state index in [1.807, 2.05) is 12.1 Å². The standard InChI is InChI=1S/C10H14O.C4H10/c1-8(2)9-4-6-10(11-3)7-5-9;1-4(2)3/h4-8H,1-3H3;4H,1-3H3. The van der Waals surface area contributed by atoms with Gasteiger partial charge in [-0.3, -0.25) is 0 Å². The zero-order chi connectivity index (χ0) is 11.8. The zero-order valence-electron chi connectivity index (χ0n) is 10.9. The van der Waals surface area contributed by atoms with Crippen molar-refractivity contribution in [1.29, 1.82) is 0 Å². The zero-order valence-corrected chi connectivity index (χ0v) is 10.9. The van der Waals surface area contributed by atoms with Crippen LogP contribution < -0.4 is 4.74 Å². The summed E-state index contributed by atoms with van der Waals surface area (Å²) in [4.78, 5) is 0. The Morgan fingerprint density at radius 1 is 0.867 bits per heavy atom. The van der Waals surface area contributed by atoms with Crippen molar-refractivity contribution in [2.45, 2.75) is 40.5 Å². The Bertz CT molecular complexity index is 244. The number of hydrogen-bond acceptors (Lipinski definition) is 1. The van der Waals surface area contributed by atoms with Crippen LogP contribution in [0.25, 0.3) is 0 Å². The topological polar surface area (TPSA) is 9.23 Å². The lowest BCUT2D eigenvalue weighted by molar-refractivity contribution is 0.414. The van der Waals surface area contributed by atoms with E-state index in [2.05, 4.69) is 46.8 Å². The van der Waals surface area contributed by atoms with E-state index < -0.39 is 0 Å². The Kier molecular flexibility index (Phi) is 6.85. The second-order valence-electron chi connectivity index (χ2n) is 4.66. The Labute approximate surface area is 94.5 Å². The van der Waals surface area contributed by atoms with Crippen molar-refractivity contribution >= 4 is 0 Å². The molecular weight excluding hydrogens is 184 g/mol. The van der Waals surface area contributed by atoms with E-state index in [0.29, 0.717) is 5.92 Å². The Hall–Kier alpha value is -0.980. The first kappa shape index (κ1) is 14.0. The number of ether oxygens (including phenoxy) is 1. The van der Waals surface area contributed by atoms with Crippen LogP contribution in [-0.2, 0) is 0 Å². The van der Waals surface area contributed by atoms with Gasteiger partial charge in [-0.1, -0.05) is 46.8 Å². The van der Waals surface area contributed by atoms with Crippen LogP contribution in [0, 0.1) is 5.92 Å². The molecule has 0 aliphatic heterocycles. The van der Waals surface area contributed by atoms with Gasteiger partial charge >= 0.3 is 0 Å². The minimum Gasteiger partial charge on any atom is -0.497 e. The molecule has 1 aromatic rings. The first-order valence-corrected chi connectivity index (χ1v) is 5.61. The van der Waals surface area contributed by atoms with Gasteiger partial charge in [0, 0.05) is 0 Å². The molecule has 86 valence electrons. The molecule has 0 aromatic heterocycles. The van der Waals surface area contributed by atoms with E-state index in [0.717, 1.165) is 11.7 Å². The molecule has 15 heavy (non-hydrogen) atoms. The molecule has 0 saturated carbocycles. The van der Waals surface area contributed by atoms with Crippen LogP contribution in [0.4, 0.5) is 0 Å². The summed E-state index contributed by atoms with van der Waals surface area (Å²) in [5.74, 6) is 2.36. The molecule has 1 nitrogen and oxygen atoms in total. The number of hydrogen-bond donors (Lipinski definition) is 0. The highest BCUT2D eigenvalue weighted by atomic mass is 16.5. The summed E-state index contributed by atoms with van der Waals surface area (Å²) < 4.78 is 5.05. The maximum Gasteiger partial charge on any atom is 0.118 e. The van der Waals surface area contributed by atoms with E-state index in [1.165, 1.54) is 5.56 Å². The number of methoxy groups -OCH3 is 1. The lowest BCUT2D eigenvalue weighted by Gasteiger charge is -2.05. The molecule has 0 bridgehead atoms. The van der Waals surface area contributed by atoms with E-state index in [1.54, 1.807) is 7.11 Å². The lowest BCUT2D eigenvalue weighted by atomic mass is 10.0. The van der Waals surface area contributed by atoms with E-state index in [4.69, 9.17) is 4.74 Å². The van der Waals surface area contributed by atoms with Gasteiger partial charge in [-0.2, -0.15) is 0 Å². The van der Waals surface area contributed by atoms with Crippen LogP contribution in [0.3, 0.4) is 0 Å². The predicted molar refractivity (Wildman–Crippen MR) is 67.6 cm³/mol. The fourth-order valence-electron chi connectivity index (χ4n) is 0.989. The van der Waals surface area contributed by atoms with Crippen LogP contribution in [0.2, 0.25) is 0 Å². The third kappa shape index (κ3) is 7.01. The summed E-state index contributed by atoms with van der Waals surface area (Å²) in [7, 11) is 1.68. The Balaban J connectivity index is 0.000000423. The molecule has 1 heteroatoms. The molecule has 0 amide bonds. The van der Waals surface area contributed by atoms with E-state index in [-0.39, 0.29) is 0 Å². The third-order valence-electron chi connectivity index (χ3n) is 1.78. The Morgan fingerprint density at radius 3 is 1.53 bits per heavy atom. The fourth-order valence-corrected chi connectivity index (χ4v) is 0.989. The highest BCUT2D eigenvalue weighted by Crippen LogP contribution is 2.17. The first-order valence-electron chi connectivity index (χ1n) is 5.61. The molecule has 0 radical (unpaired) electrons. The molecule has 0 fully saturated rings. The van der Waals surface area contributed by atoms with Gasteiger partial charge in [-0.15, -0.1) is 0 Å². The van der Waals surface area contributed by atoms with Crippen molar-refractivity contribution < 1.29 is 4.74 Å². The summed E-state index contributed by atoms with van der Waals surface area (Å²) in [6.45, 7) is 10.9. The molecule has 0 atom stereocenters. The summed E-state index contributed by atoms with van der Waals surface area (Å²) in [5, 5.41) is 0. The van der Waals surface area contributed by atoms with Crippen LogP contribution in [0.15, 0.2) is 24.3 Å². The molecule has 1 aromatic carbocycles. The molecular formula is C14H24O. The van der Waals surface area contributed by atoms with Crippen molar-refractivity contribution in [3.8, 4) is 5.75 Å². The van der Waals surface area contributed by atoms with Gasteiger partial charge < -0.3 is 4.74 Å². The highest BCUT2D eigenvalue weighted by Gasteiger charge is 1.97. The monoisotopic (exact) mass is 208 g/mol. The number of rotatable bonds is 2. The second-order valence-corrected chi connectivity index (χ2v) is 4.66. The summed E-state index contributed by atoms with van der Waals surface area (Å²) in [6, 6.07) is 8.19. The van der Waals surface area contributed by atoms with Crippen molar-refractivity contribution in [3.63, 3.8) is 0 Å². The normalized spacial score (nSPS) is 9.87. The van der Waals surface area contributed by atoms with Crippen molar-refractivity contribution in [2.24, 2.45) is 5.92 Å². The average molecular weight is 208 g/mol. The quantitative estimate of drug-likeness (QED) is 0.696.